The van der Waals surface area contributed by atoms with Gasteiger partial charge in [0.2, 0.25) is 5.75 Å². The first kappa shape index (κ1) is 24.6. The van der Waals surface area contributed by atoms with E-state index in [1.54, 1.807) is 7.11 Å². The molecule has 0 saturated heterocycles. The molecule has 0 N–H and O–H groups in total. The van der Waals surface area contributed by atoms with Gasteiger partial charge in [0.1, 0.15) is 13.2 Å². The molecular formula is C35H39NO5. The molecule has 6 nitrogen and oxygen atoms in total. The second-order valence-electron chi connectivity index (χ2n) is 10.0. The van der Waals surface area contributed by atoms with Gasteiger partial charge in [-0.2, -0.15) is 0 Å². The summed E-state index contributed by atoms with van der Waals surface area (Å²) >= 11 is 0. The highest BCUT2D eigenvalue weighted by Crippen LogP contribution is 2.42. The van der Waals surface area contributed by atoms with E-state index in [-0.39, 0.29) is 14.2 Å². The van der Waals surface area contributed by atoms with E-state index in [1.165, 1.54) is 0 Å². The van der Waals surface area contributed by atoms with Crippen molar-refractivity contribution in [3.05, 3.63) is 113 Å². The summed E-state index contributed by atoms with van der Waals surface area (Å²) in [6, 6.07) is 26.4. The lowest BCUT2D eigenvalue weighted by atomic mass is 9.88. The molecule has 0 aliphatic carbocycles. The van der Waals surface area contributed by atoms with Crippen molar-refractivity contribution in [2.45, 2.75) is 38.5 Å². The normalized spacial score (nSPS) is 17.5. The van der Waals surface area contributed by atoms with Gasteiger partial charge < -0.3 is 23.7 Å². The van der Waals surface area contributed by atoms with Crippen LogP contribution in [0.1, 0.15) is 44.4 Å². The maximum atomic E-state index is 9.76. The highest BCUT2D eigenvalue weighted by Gasteiger charge is 2.27. The summed E-state index contributed by atoms with van der Waals surface area (Å²) in [4.78, 5) is 2.08. The van der Waals surface area contributed by atoms with Crippen LogP contribution in [-0.2, 0) is 26.1 Å². The fraction of sp³-hybridized carbons (Fsp3) is 0.314. The van der Waals surface area contributed by atoms with Crippen LogP contribution in [0.5, 0.6) is 28.7 Å². The number of nitrogens with zero attached hydrogens (tertiary/aromatic N) is 1. The first-order chi connectivity index (χ1) is 21.4. The molecule has 214 valence electrons. The van der Waals surface area contributed by atoms with Gasteiger partial charge in [0.25, 0.3) is 0 Å². The molecule has 0 aromatic heterocycles. The van der Waals surface area contributed by atoms with E-state index >= 15 is 0 Å². The Kier molecular flexibility index (Phi) is 8.09. The molecule has 1 heterocycles. The smallest absolute Gasteiger partial charge is 0.203 e. The molecule has 0 spiro atoms. The minimum Gasteiger partial charge on any atom is -0.493 e. The molecule has 1 aliphatic heterocycles. The van der Waals surface area contributed by atoms with Crippen LogP contribution >= 0.6 is 0 Å². The predicted molar refractivity (Wildman–Crippen MR) is 161 cm³/mol. The minimum absolute atomic E-state index is 0.304. The second kappa shape index (κ2) is 13.5. The summed E-state index contributed by atoms with van der Waals surface area (Å²) in [5.41, 5.74) is 4.90. The molecule has 0 fully saturated rings. The number of hydrogen-bond donors (Lipinski definition) is 0. The number of aryl methyl sites for hydroxylation is 1. The topological polar surface area (TPSA) is 49.4 Å². The minimum atomic E-state index is -1.03. The Hall–Kier alpha value is -4.16. The maximum Gasteiger partial charge on any atom is 0.203 e. The fourth-order valence-electron chi connectivity index (χ4n) is 5.17. The van der Waals surface area contributed by atoms with Crippen molar-refractivity contribution in [1.29, 1.82) is 0 Å². The lowest BCUT2D eigenvalue weighted by Crippen LogP contribution is -2.32. The molecule has 5 rings (SSSR count). The predicted octanol–water partition coefficient (Wildman–Crippen LogP) is 7.03. The largest absolute Gasteiger partial charge is 0.493 e. The maximum absolute atomic E-state index is 9.76. The summed E-state index contributed by atoms with van der Waals surface area (Å²) in [7, 11) is 3.01. The Morgan fingerprint density at radius 3 is 2.07 bits per heavy atom. The number of fused-ring (bicyclic) bond motifs is 1. The average Bonchev–Trinajstić information content (AvgIpc) is 3.05. The molecule has 4 aromatic rings. The van der Waals surface area contributed by atoms with E-state index in [2.05, 4.69) is 4.90 Å². The van der Waals surface area contributed by atoms with Gasteiger partial charge in [-0.25, -0.2) is 0 Å². The van der Waals surface area contributed by atoms with Gasteiger partial charge in [0, 0.05) is 12.6 Å². The highest BCUT2D eigenvalue weighted by molar-refractivity contribution is 5.54. The molecule has 1 unspecified atom stereocenters. The van der Waals surface area contributed by atoms with Gasteiger partial charge in [-0.3, -0.25) is 4.90 Å². The Bertz CT molecular complexity index is 1520. The number of hydrogen-bond acceptors (Lipinski definition) is 6. The summed E-state index contributed by atoms with van der Waals surface area (Å²) in [6.07, 6.45) is 1.83. The van der Waals surface area contributed by atoms with Gasteiger partial charge in [-0.15, -0.1) is 0 Å². The molecule has 4 aromatic carbocycles. The molecule has 0 bridgehead atoms. The van der Waals surface area contributed by atoms with Gasteiger partial charge >= 0.3 is 0 Å². The van der Waals surface area contributed by atoms with E-state index in [0.29, 0.717) is 54.8 Å². The average molecular weight is 560 g/mol. The van der Waals surface area contributed by atoms with Crippen molar-refractivity contribution in [3.8, 4) is 28.7 Å². The highest BCUT2D eigenvalue weighted by atomic mass is 16.5. The van der Waals surface area contributed by atoms with Crippen LogP contribution in [0, 0.1) is 0 Å². The van der Waals surface area contributed by atoms with Crippen molar-refractivity contribution in [2.24, 2.45) is 0 Å². The second-order valence-corrected chi connectivity index (χ2v) is 10.0. The molecular weight excluding hydrogens is 514 g/mol. The Morgan fingerprint density at radius 1 is 0.756 bits per heavy atom. The summed E-state index contributed by atoms with van der Waals surface area (Å²) in [5, 5.41) is 0. The molecule has 0 amide bonds. The lowest BCUT2D eigenvalue weighted by Gasteiger charge is -2.35. The van der Waals surface area contributed by atoms with Gasteiger partial charge in [-0.1, -0.05) is 60.7 Å². The Morgan fingerprint density at radius 2 is 1.41 bits per heavy atom. The third kappa shape index (κ3) is 6.77. The van der Waals surface area contributed by atoms with Crippen LogP contribution in [0.2, 0.25) is 0 Å². The van der Waals surface area contributed by atoms with E-state index in [9.17, 15) is 1.37 Å². The third-order valence-corrected chi connectivity index (χ3v) is 7.38. The van der Waals surface area contributed by atoms with Crippen molar-refractivity contribution < 1.29 is 27.8 Å². The Labute approximate surface area is 247 Å². The zero-order valence-electron chi connectivity index (χ0n) is 26.7. The fourth-order valence-corrected chi connectivity index (χ4v) is 5.17. The lowest BCUT2D eigenvalue weighted by molar-refractivity contribution is 0.216. The molecule has 1 atom stereocenters. The third-order valence-electron chi connectivity index (χ3n) is 7.38. The van der Waals surface area contributed by atoms with E-state index in [1.807, 2.05) is 92.0 Å². The van der Waals surface area contributed by atoms with Crippen molar-refractivity contribution in [3.63, 3.8) is 0 Å². The zero-order valence-corrected chi connectivity index (χ0v) is 23.7. The number of ether oxygens (including phenoxy) is 5. The summed E-state index contributed by atoms with van der Waals surface area (Å²) in [6.45, 7) is 1.44. The van der Waals surface area contributed by atoms with Gasteiger partial charge in [0.05, 0.1) is 25.4 Å². The first-order valence-electron chi connectivity index (χ1n) is 15.6. The van der Waals surface area contributed by atoms with Crippen LogP contribution in [0.25, 0.3) is 0 Å². The zero-order chi connectivity index (χ0) is 30.9. The van der Waals surface area contributed by atoms with Crippen LogP contribution in [-0.4, -0.2) is 39.8 Å². The first-order valence-corrected chi connectivity index (χ1v) is 13.7. The number of methoxy groups -OCH3 is 3. The van der Waals surface area contributed by atoms with E-state index in [4.69, 9.17) is 26.4 Å². The number of benzene rings is 4. The van der Waals surface area contributed by atoms with Crippen LogP contribution in [0.4, 0.5) is 0 Å². The van der Waals surface area contributed by atoms with Crippen molar-refractivity contribution in [1.82, 2.24) is 4.90 Å². The molecule has 0 saturated carbocycles. The van der Waals surface area contributed by atoms with E-state index < -0.39 is 6.02 Å². The molecule has 6 heteroatoms. The monoisotopic (exact) mass is 559 g/mol. The molecule has 41 heavy (non-hydrogen) atoms. The van der Waals surface area contributed by atoms with Gasteiger partial charge in [0.15, 0.2) is 23.0 Å². The number of likely N-dealkylation sites (N-methyl/N-ethyl adjacent to an activating group) is 1. The summed E-state index contributed by atoms with van der Waals surface area (Å²) < 4.78 is 54.3. The summed E-state index contributed by atoms with van der Waals surface area (Å²) in [5.74, 6) is 2.38. The van der Waals surface area contributed by atoms with Gasteiger partial charge in [-0.05, 0) is 78.4 Å². The van der Waals surface area contributed by atoms with Crippen LogP contribution in [0.3, 0.4) is 0 Å². The van der Waals surface area contributed by atoms with Crippen molar-refractivity contribution in [2.75, 3.05) is 34.9 Å². The standard InChI is InChI=1S/C35H39NO5/c1-36-18-17-28-21-31(37-2)32(40-23-25-11-7-5-8-12-25)22-29(28)30(36)16-15-27-19-33(38-3)35(39-4)34(20-27)41-24-26-13-9-6-10-14-26/h5-14,19-22,30H,15-18,23-24H2,1-4H3/i3T,4T,30T. The number of rotatable bonds is 12. The Balaban J connectivity index is 1.43. The SMILES string of the molecule is [3H]COc1cc(CCC2([3H])c3cc(OCc4ccccc4)c(OC)cc3CCN2C)cc(OCc2ccccc2)c1OC[3H]. The van der Waals surface area contributed by atoms with E-state index in [0.717, 1.165) is 40.8 Å². The molecule has 0 radical (unpaired) electrons. The van der Waals surface area contributed by atoms with Crippen molar-refractivity contribution >= 4 is 0 Å². The quantitative estimate of drug-likeness (QED) is 0.186. The molecule has 1 aliphatic rings. The van der Waals surface area contributed by atoms with Crippen LogP contribution < -0.4 is 23.7 Å². The van der Waals surface area contributed by atoms with Crippen LogP contribution in [0.15, 0.2) is 84.9 Å².